The van der Waals surface area contributed by atoms with Crippen LogP contribution in [0.3, 0.4) is 0 Å². The first-order valence-corrected chi connectivity index (χ1v) is 14.6. The van der Waals surface area contributed by atoms with E-state index in [1.165, 1.54) is 0 Å². The van der Waals surface area contributed by atoms with Crippen LogP contribution in [0.15, 0.2) is 36.9 Å². The van der Waals surface area contributed by atoms with Gasteiger partial charge in [-0.25, -0.2) is 19.9 Å². The number of ether oxygens (including phenoxy) is 6. The van der Waals surface area contributed by atoms with E-state index in [1.54, 1.807) is 41.1 Å². The van der Waals surface area contributed by atoms with Crippen LogP contribution in [0.25, 0.3) is 21.8 Å². The lowest BCUT2D eigenvalue weighted by Crippen LogP contribution is -2.45. The van der Waals surface area contributed by atoms with Crippen LogP contribution in [0, 0.1) is 0 Å². The Kier molecular flexibility index (Phi) is 9.40. The third-order valence-electron chi connectivity index (χ3n) is 8.75. The van der Waals surface area contributed by atoms with Crippen LogP contribution in [0.2, 0.25) is 0 Å². The molecule has 0 bridgehead atoms. The molecule has 0 spiro atoms. The van der Waals surface area contributed by atoms with E-state index >= 15 is 0 Å². The molecule has 2 fully saturated rings. The molecule has 2 saturated heterocycles. The fourth-order valence-corrected chi connectivity index (χ4v) is 5.97. The highest BCUT2D eigenvalue weighted by atomic mass is 16.5. The molecule has 12 nitrogen and oxygen atoms in total. The van der Waals surface area contributed by atoms with E-state index in [2.05, 4.69) is 43.6 Å². The minimum atomic E-state index is -0.0611. The molecule has 0 N–H and O–H groups in total. The summed E-state index contributed by atoms with van der Waals surface area (Å²) in [6.07, 6.45) is 5.29. The molecule has 0 saturated carbocycles. The molecule has 3 unspecified atom stereocenters. The van der Waals surface area contributed by atoms with Gasteiger partial charge in [0.1, 0.15) is 35.3 Å². The lowest BCUT2D eigenvalue weighted by Gasteiger charge is -2.35. The number of hydrogen-bond donors (Lipinski definition) is 0. The summed E-state index contributed by atoms with van der Waals surface area (Å²) in [5, 5.41) is 1.89. The number of methoxy groups -OCH3 is 4. The van der Waals surface area contributed by atoms with E-state index in [-0.39, 0.29) is 11.6 Å². The highest BCUT2D eigenvalue weighted by Gasteiger charge is 2.36. The Labute approximate surface area is 258 Å². The maximum atomic E-state index is 5.67. The SMILES string of the molecule is COc1ccc2c(N(C)C3(C)CCOC3)ncnc2c1OC.COc1ccc2c(N(C)C3CCOC3C)ncnc2c1OC. The Hall–Kier alpha value is -4.16. The molecule has 236 valence electrons. The number of fused-ring (bicyclic) bond motifs is 2. The van der Waals surface area contributed by atoms with Crippen molar-refractivity contribution in [1.82, 2.24) is 19.9 Å². The Balaban J connectivity index is 0.000000175. The number of benzene rings is 2. The van der Waals surface area contributed by atoms with Crippen molar-refractivity contribution < 1.29 is 28.4 Å². The predicted molar refractivity (Wildman–Crippen MR) is 170 cm³/mol. The third-order valence-corrected chi connectivity index (χ3v) is 8.75. The normalized spacial score (nSPS) is 21.1. The highest BCUT2D eigenvalue weighted by Crippen LogP contribution is 2.40. The van der Waals surface area contributed by atoms with Crippen LogP contribution < -0.4 is 28.7 Å². The van der Waals surface area contributed by atoms with Gasteiger partial charge in [-0.05, 0) is 51.0 Å². The molecule has 2 aromatic heterocycles. The molecule has 12 heteroatoms. The van der Waals surface area contributed by atoms with Crippen molar-refractivity contribution in [2.75, 3.05) is 72.2 Å². The first-order valence-electron chi connectivity index (χ1n) is 14.6. The highest BCUT2D eigenvalue weighted by molar-refractivity contribution is 5.96. The van der Waals surface area contributed by atoms with E-state index < -0.39 is 0 Å². The monoisotopic (exact) mass is 606 g/mol. The number of aromatic nitrogens is 4. The van der Waals surface area contributed by atoms with Gasteiger partial charge in [-0.15, -0.1) is 0 Å². The molecule has 0 radical (unpaired) electrons. The summed E-state index contributed by atoms with van der Waals surface area (Å²) in [7, 11) is 10.6. The van der Waals surface area contributed by atoms with Crippen molar-refractivity contribution in [2.24, 2.45) is 0 Å². The van der Waals surface area contributed by atoms with Crippen LogP contribution in [-0.2, 0) is 9.47 Å². The van der Waals surface area contributed by atoms with Crippen molar-refractivity contribution in [3.05, 3.63) is 36.9 Å². The van der Waals surface area contributed by atoms with Gasteiger partial charge in [-0.1, -0.05) is 0 Å². The summed E-state index contributed by atoms with van der Waals surface area (Å²) in [4.78, 5) is 22.1. The summed E-state index contributed by atoms with van der Waals surface area (Å²) in [6.45, 7) is 6.55. The predicted octanol–water partition coefficient (Wildman–Crippen LogP) is 4.52. The topological polar surface area (TPSA) is 113 Å². The van der Waals surface area contributed by atoms with Crippen molar-refractivity contribution in [3.63, 3.8) is 0 Å². The van der Waals surface area contributed by atoms with Gasteiger partial charge in [0.05, 0.1) is 52.7 Å². The number of hydrogen-bond acceptors (Lipinski definition) is 12. The number of likely N-dealkylation sites (N-methyl/N-ethyl adjacent to an activating group) is 2. The second-order valence-electron chi connectivity index (χ2n) is 11.2. The molecular weight excluding hydrogens is 564 g/mol. The smallest absolute Gasteiger partial charge is 0.187 e. The van der Waals surface area contributed by atoms with Crippen molar-refractivity contribution in [2.45, 2.75) is 44.4 Å². The van der Waals surface area contributed by atoms with Gasteiger partial charge in [-0.2, -0.15) is 0 Å². The van der Waals surface area contributed by atoms with E-state index in [1.807, 2.05) is 38.4 Å². The number of nitrogens with zero attached hydrogens (tertiary/aromatic N) is 6. The van der Waals surface area contributed by atoms with E-state index in [4.69, 9.17) is 28.4 Å². The van der Waals surface area contributed by atoms with Crippen LogP contribution in [0.4, 0.5) is 11.6 Å². The first kappa shape index (κ1) is 31.3. The molecule has 4 heterocycles. The average molecular weight is 607 g/mol. The van der Waals surface area contributed by atoms with Crippen LogP contribution in [0.5, 0.6) is 23.0 Å². The largest absolute Gasteiger partial charge is 0.493 e. The molecule has 2 aliphatic rings. The average Bonchev–Trinajstić information content (AvgIpc) is 3.71. The lowest BCUT2D eigenvalue weighted by atomic mass is 9.99. The quantitative estimate of drug-likeness (QED) is 0.281. The molecule has 0 aliphatic carbocycles. The van der Waals surface area contributed by atoms with Crippen LogP contribution in [-0.4, -0.2) is 100.0 Å². The third kappa shape index (κ3) is 5.71. The van der Waals surface area contributed by atoms with E-state index in [9.17, 15) is 0 Å². The van der Waals surface area contributed by atoms with Gasteiger partial charge >= 0.3 is 0 Å². The van der Waals surface area contributed by atoms with Gasteiger partial charge in [0.2, 0.25) is 0 Å². The standard InChI is InChI=1S/2C16H21N3O3/c1-16(7-8-22-9-16)19(2)15-11-5-6-12(20-3)14(21-4)13(11)17-10-18-15;1-10-12(7-8-22-10)19(2)16-11-5-6-13(20-3)15(21-4)14(11)17-9-18-16/h5-6,10H,7-9H2,1-4H3;5-6,9-10,12H,7-8H2,1-4H3. The summed E-state index contributed by atoms with van der Waals surface area (Å²) < 4.78 is 32.9. The number of rotatable bonds is 8. The molecule has 0 amide bonds. The summed E-state index contributed by atoms with van der Waals surface area (Å²) in [6, 6.07) is 8.03. The molecule has 2 aromatic carbocycles. The van der Waals surface area contributed by atoms with Gasteiger partial charge in [0.15, 0.2) is 23.0 Å². The van der Waals surface area contributed by atoms with Crippen molar-refractivity contribution in [1.29, 1.82) is 0 Å². The fourth-order valence-electron chi connectivity index (χ4n) is 5.97. The van der Waals surface area contributed by atoms with Gasteiger partial charge < -0.3 is 38.2 Å². The molecule has 6 rings (SSSR count). The van der Waals surface area contributed by atoms with E-state index in [0.717, 1.165) is 59.5 Å². The Bertz CT molecular complexity index is 1600. The van der Waals surface area contributed by atoms with Gasteiger partial charge in [-0.3, -0.25) is 0 Å². The summed E-state index contributed by atoms with van der Waals surface area (Å²) in [5.41, 5.74) is 1.44. The summed E-state index contributed by atoms with van der Waals surface area (Å²) in [5.74, 6) is 4.35. The van der Waals surface area contributed by atoms with Gasteiger partial charge in [0, 0.05) is 38.1 Å². The van der Waals surface area contributed by atoms with Gasteiger partial charge in [0.25, 0.3) is 0 Å². The fraction of sp³-hybridized carbons (Fsp3) is 0.500. The lowest BCUT2D eigenvalue weighted by molar-refractivity contribution is 0.118. The maximum Gasteiger partial charge on any atom is 0.187 e. The second-order valence-corrected chi connectivity index (χ2v) is 11.2. The molecule has 4 aromatic rings. The zero-order chi connectivity index (χ0) is 31.4. The number of anilines is 2. The first-order chi connectivity index (χ1) is 21.3. The van der Waals surface area contributed by atoms with Crippen LogP contribution in [0.1, 0.15) is 26.7 Å². The summed E-state index contributed by atoms with van der Waals surface area (Å²) >= 11 is 0. The Morgan fingerprint density at radius 1 is 0.773 bits per heavy atom. The molecule has 3 atom stereocenters. The zero-order valence-corrected chi connectivity index (χ0v) is 26.8. The van der Waals surface area contributed by atoms with Crippen molar-refractivity contribution >= 4 is 33.4 Å². The molecule has 44 heavy (non-hydrogen) atoms. The molecule has 2 aliphatic heterocycles. The minimum Gasteiger partial charge on any atom is -0.493 e. The molecular formula is C32H42N6O6. The van der Waals surface area contributed by atoms with Crippen LogP contribution >= 0.6 is 0 Å². The Morgan fingerprint density at radius 2 is 1.34 bits per heavy atom. The van der Waals surface area contributed by atoms with Crippen molar-refractivity contribution in [3.8, 4) is 23.0 Å². The zero-order valence-electron chi connectivity index (χ0n) is 26.8. The second kappa shape index (κ2) is 13.2. The van der Waals surface area contributed by atoms with E-state index in [0.29, 0.717) is 35.6 Å². The maximum absolute atomic E-state index is 5.67. The Morgan fingerprint density at radius 3 is 1.82 bits per heavy atom. The minimum absolute atomic E-state index is 0.0611.